The Balaban J connectivity index is 1.70. The minimum Gasteiger partial charge on any atom is -0.481 e. The number of nitrogens with zero attached hydrogens (tertiary/aromatic N) is 1. The number of amides is 1. The van der Waals surface area contributed by atoms with E-state index in [1.807, 2.05) is 0 Å². The summed E-state index contributed by atoms with van der Waals surface area (Å²) >= 11 is 1.80. The van der Waals surface area contributed by atoms with Gasteiger partial charge in [0.1, 0.15) is 0 Å². The van der Waals surface area contributed by atoms with Gasteiger partial charge in [-0.1, -0.05) is 0 Å². The number of aliphatic carboxylic acids is 1. The highest BCUT2D eigenvalue weighted by Gasteiger charge is 2.49. The van der Waals surface area contributed by atoms with Crippen molar-refractivity contribution in [2.45, 2.75) is 68.7 Å². The van der Waals surface area contributed by atoms with E-state index in [9.17, 15) is 9.59 Å². The summed E-state index contributed by atoms with van der Waals surface area (Å²) in [6.45, 7) is 2.09. The molecule has 0 saturated carbocycles. The largest absolute Gasteiger partial charge is 0.481 e. The molecule has 3 aliphatic heterocycles. The maximum absolute atomic E-state index is 12.9. The Kier molecular flexibility index (Phi) is 3.73. The summed E-state index contributed by atoms with van der Waals surface area (Å²) < 4.78 is -0.222. The number of carbonyl (C=O) groups is 2. The molecule has 3 heterocycles. The first-order chi connectivity index (χ1) is 9.49. The number of hydrogen-bond acceptors (Lipinski definition) is 3. The Hall–Kier alpha value is -0.710. The highest BCUT2D eigenvalue weighted by atomic mass is 32.2. The van der Waals surface area contributed by atoms with Gasteiger partial charge >= 0.3 is 5.97 Å². The van der Waals surface area contributed by atoms with Crippen LogP contribution < -0.4 is 0 Å². The van der Waals surface area contributed by atoms with E-state index in [1.165, 1.54) is 0 Å². The lowest BCUT2D eigenvalue weighted by atomic mass is 9.87. The lowest BCUT2D eigenvalue weighted by Crippen LogP contribution is -2.53. The van der Waals surface area contributed by atoms with Gasteiger partial charge in [-0.15, -0.1) is 11.8 Å². The van der Waals surface area contributed by atoms with Crippen molar-refractivity contribution < 1.29 is 14.7 Å². The zero-order valence-corrected chi connectivity index (χ0v) is 12.8. The van der Waals surface area contributed by atoms with Crippen molar-refractivity contribution in [3.8, 4) is 0 Å². The van der Waals surface area contributed by atoms with Crippen LogP contribution in [0.1, 0.15) is 51.9 Å². The van der Waals surface area contributed by atoms with Gasteiger partial charge in [0, 0.05) is 18.5 Å². The van der Waals surface area contributed by atoms with E-state index < -0.39 is 5.97 Å². The molecule has 112 valence electrons. The molecular formula is C15H23NO3S. The molecule has 4 nitrogen and oxygen atoms in total. The van der Waals surface area contributed by atoms with E-state index in [2.05, 4.69) is 11.8 Å². The summed E-state index contributed by atoms with van der Waals surface area (Å²) in [6.07, 6.45) is 6.29. The normalized spacial score (nSPS) is 40.0. The monoisotopic (exact) mass is 297 g/mol. The van der Waals surface area contributed by atoms with E-state index >= 15 is 0 Å². The molecule has 3 unspecified atom stereocenters. The average molecular weight is 297 g/mol. The molecule has 2 bridgehead atoms. The second-order valence-electron chi connectivity index (χ2n) is 6.72. The Morgan fingerprint density at radius 3 is 2.45 bits per heavy atom. The molecule has 0 aliphatic carbocycles. The molecule has 1 N–H and O–H groups in total. The summed E-state index contributed by atoms with van der Waals surface area (Å²) in [7, 11) is 0. The van der Waals surface area contributed by atoms with Gasteiger partial charge in [0.2, 0.25) is 5.91 Å². The molecule has 20 heavy (non-hydrogen) atoms. The van der Waals surface area contributed by atoms with Crippen molar-refractivity contribution in [1.29, 1.82) is 0 Å². The van der Waals surface area contributed by atoms with Crippen LogP contribution in [0.15, 0.2) is 0 Å². The number of thioether (sulfide) groups is 1. The van der Waals surface area contributed by atoms with Gasteiger partial charge in [-0.2, -0.15) is 0 Å². The van der Waals surface area contributed by atoms with Crippen LogP contribution in [0.2, 0.25) is 0 Å². The van der Waals surface area contributed by atoms with Gasteiger partial charge in [0.25, 0.3) is 0 Å². The predicted octanol–water partition coefficient (Wildman–Crippen LogP) is 2.52. The van der Waals surface area contributed by atoms with Crippen LogP contribution in [0.4, 0.5) is 0 Å². The standard InChI is InChI=1S/C15H23NO3S/c1-15(5-2-6-20-15)14(19)16-11-3-4-12(16)8-10(7-11)9-13(17)18/h10-12H,2-9H2,1H3,(H,17,18). The zero-order chi connectivity index (χ0) is 14.3. The Bertz CT molecular complexity index is 405. The molecule has 5 heteroatoms. The van der Waals surface area contributed by atoms with Crippen molar-refractivity contribution in [2.24, 2.45) is 5.92 Å². The first-order valence-corrected chi connectivity index (χ1v) is 8.67. The number of piperidine rings is 1. The molecule has 3 aliphatic rings. The summed E-state index contributed by atoms with van der Waals surface area (Å²) in [5, 5.41) is 8.96. The second kappa shape index (κ2) is 5.24. The summed E-state index contributed by atoms with van der Waals surface area (Å²) in [6, 6.07) is 0.590. The van der Waals surface area contributed by atoms with Gasteiger partial charge in [-0.05, 0) is 57.1 Å². The number of rotatable bonds is 3. The maximum atomic E-state index is 12.9. The summed E-state index contributed by atoms with van der Waals surface area (Å²) in [5.41, 5.74) is 0. The average Bonchev–Trinajstić information content (AvgIpc) is 2.92. The van der Waals surface area contributed by atoms with Gasteiger partial charge < -0.3 is 10.0 Å². The fourth-order valence-corrected chi connectivity index (χ4v) is 5.51. The molecule has 0 radical (unpaired) electrons. The first kappa shape index (κ1) is 14.2. The van der Waals surface area contributed by atoms with Crippen LogP contribution in [0, 0.1) is 5.92 Å². The number of carbonyl (C=O) groups excluding carboxylic acids is 1. The summed E-state index contributed by atoms with van der Waals surface area (Å²) in [4.78, 5) is 25.9. The highest BCUT2D eigenvalue weighted by molar-refractivity contribution is 8.01. The van der Waals surface area contributed by atoms with Crippen molar-refractivity contribution in [3.05, 3.63) is 0 Å². The van der Waals surface area contributed by atoms with Gasteiger partial charge in [0.15, 0.2) is 0 Å². The minimum atomic E-state index is -0.701. The molecule has 3 fully saturated rings. The molecular weight excluding hydrogens is 274 g/mol. The van der Waals surface area contributed by atoms with Crippen molar-refractivity contribution >= 4 is 23.6 Å². The van der Waals surface area contributed by atoms with Crippen molar-refractivity contribution in [3.63, 3.8) is 0 Å². The third kappa shape index (κ3) is 2.45. The molecule has 0 aromatic rings. The highest BCUT2D eigenvalue weighted by Crippen LogP contribution is 2.45. The van der Waals surface area contributed by atoms with E-state index in [0.29, 0.717) is 18.0 Å². The smallest absolute Gasteiger partial charge is 0.303 e. The molecule has 1 amide bonds. The quantitative estimate of drug-likeness (QED) is 0.869. The van der Waals surface area contributed by atoms with Crippen molar-refractivity contribution in [2.75, 3.05) is 5.75 Å². The van der Waals surface area contributed by atoms with E-state index in [0.717, 1.165) is 44.3 Å². The fourth-order valence-electron chi connectivity index (χ4n) is 4.26. The Labute approximate surface area is 124 Å². The Morgan fingerprint density at radius 1 is 1.30 bits per heavy atom. The van der Waals surface area contributed by atoms with Crippen LogP contribution in [0.25, 0.3) is 0 Å². The fraction of sp³-hybridized carbons (Fsp3) is 0.867. The lowest BCUT2D eigenvalue weighted by molar-refractivity contribution is -0.141. The third-order valence-corrected chi connectivity index (χ3v) is 6.71. The lowest BCUT2D eigenvalue weighted by Gasteiger charge is -2.42. The van der Waals surface area contributed by atoms with E-state index in [1.54, 1.807) is 11.8 Å². The SMILES string of the molecule is CC1(C(=O)N2C3CCC2CC(CC(=O)O)C3)CCCS1. The maximum Gasteiger partial charge on any atom is 0.303 e. The predicted molar refractivity (Wildman–Crippen MR) is 78.7 cm³/mol. The minimum absolute atomic E-state index is 0.222. The molecule has 0 aromatic heterocycles. The van der Waals surface area contributed by atoms with Crippen LogP contribution in [-0.2, 0) is 9.59 Å². The molecule has 3 rings (SSSR count). The molecule has 3 atom stereocenters. The summed E-state index contributed by atoms with van der Waals surface area (Å²) in [5.74, 6) is 0.972. The third-order valence-electron chi connectivity index (χ3n) is 5.20. The van der Waals surface area contributed by atoms with Gasteiger partial charge in [-0.3, -0.25) is 9.59 Å². The number of carboxylic acid groups (broad SMARTS) is 1. The number of fused-ring (bicyclic) bond motifs is 2. The topological polar surface area (TPSA) is 57.6 Å². The molecule has 0 aromatic carbocycles. The van der Waals surface area contributed by atoms with Crippen LogP contribution in [0.3, 0.4) is 0 Å². The number of carboxylic acids is 1. The zero-order valence-electron chi connectivity index (χ0n) is 12.0. The van der Waals surface area contributed by atoms with Crippen LogP contribution >= 0.6 is 11.8 Å². The Morgan fingerprint density at radius 2 is 1.95 bits per heavy atom. The van der Waals surface area contributed by atoms with Gasteiger partial charge in [-0.25, -0.2) is 0 Å². The number of hydrogen-bond donors (Lipinski definition) is 1. The van der Waals surface area contributed by atoms with Gasteiger partial charge in [0.05, 0.1) is 4.75 Å². The van der Waals surface area contributed by atoms with E-state index in [4.69, 9.17) is 5.11 Å². The van der Waals surface area contributed by atoms with Crippen LogP contribution in [0.5, 0.6) is 0 Å². The first-order valence-electron chi connectivity index (χ1n) is 7.68. The molecule has 0 spiro atoms. The van der Waals surface area contributed by atoms with E-state index in [-0.39, 0.29) is 17.1 Å². The van der Waals surface area contributed by atoms with Crippen molar-refractivity contribution in [1.82, 2.24) is 4.90 Å². The second-order valence-corrected chi connectivity index (χ2v) is 8.31. The van der Waals surface area contributed by atoms with Crippen LogP contribution in [-0.4, -0.2) is 44.5 Å². The molecule has 3 saturated heterocycles.